The lowest BCUT2D eigenvalue weighted by Crippen LogP contribution is -2.27. The summed E-state index contributed by atoms with van der Waals surface area (Å²) in [5, 5.41) is 8.71. The summed E-state index contributed by atoms with van der Waals surface area (Å²) < 4.78 is -0.739. The van der Waals surface area contributed by atoms with Crippen LogP contribution in [0.1, 0.15) is 33.6 Å². The first kappa shape index (κ1) is 11.0. The van der Waals surface area contributed by atoms with Crippen LogP contribution in [0.5, 0.6) is 0 Å². The van der Waals surface area contributed by atoms with Gasteiger partial charge in [-0.15, -0.1) is 0 Å². The summed E-state index contributed by atoms with van der Waals surface area (Å²) in [6.45, 7) is 5.87. The van der Waals surface area contributed by atoms with E-state index in [1.54, 1.807) is 6.92 Å². The fourth-order valence-corrected chi connectivity index (χ4v) is 0.896. The van der Waals surface area contributed by atoms with E-state index < -0.39 is 10.3 Å². The zero-order chi connectivity index (χ0) is 9.07. The Bertz CT molecular complexity index is 141. The number of carboxylic acids is 1. The molecular formula is C8H15BrO2. The monoisotopic (exact) mass is 222 g/mol. The molecule has 0 amide bonds. The highest BCUT2D eigenvalue weighted by atomic mass is 79.9. The molecule has 0 radical (unpaired) electrons. The number of carbonyl (C=O) groups is 1. The third kappa shape index (κ3) is 4.40. The van der Waals surface area contributed by atoms with E-state index in [1.165, 1.54) is 0 Å². The minimum atomic E-state index is -0.779. The van der Waals surface area contributed by atoms with Crippen LogP contribution < -0.4 is 0 Å². The number of rotatable bonds is 4. The quantitative estimate of drug-likeness (QED) is 0.744. The molecule has 0 saturated carbocycles. The molecule has 3 heteroatoms. The molecule has 0 spiro atoms. The molecule has 11 heavy (non-hydrogen) atoms. The molecule has 66 valence electrons. The van der Waals surface area contributed by atoms with Crippen molar-refractivity contribution in [1.82, 2.24) is 0 Å². The van der Waals surface area contributed by atoms with E-state index in [0.29, 0.717) is 12.3 Å². The maximum Gasteiger partial charge on any atom is 0.320 e. The molecule has 1 atom stereocenters. The zero-order valence-electron chi connectivity index (χ0n) is 7.22. The second-order valence-electron chi connectivity index (χ2n) is 3.44. The first-order valence-electron chi connectivity index (χ1n) is 3.78. The molecule has 0 aliphatic carbocycles. The first-order chi connectivity index (χ1) is 4.86. The summed E-state index contributed by atoms with van der Waals surface area (Å²) in [7, 11) is 0. The molecule has 0 bridgehead atoms. The number of aliphatic carboxylic acids is 1. The maximum atomic E-state index is 10.6. The minimum absolute atomic E-state index is 0.561. The lowest BCUT2D eigenvalue weighted by Gasteiger charge is -2.17. The normalized spacial score (nSPS) is 16.5. The summed E-state index contributed by atoms with van der Waals surface area (Å²) >= 11 is 3.18. The Kier molecular flexibility index (Phi) is 4.08. The number of halogens is 1. The van der Waals surface area contributed by atoms with Gasteiger partial charge in [0.15, 0.2) is 0 Å². The van der Waals surface area contributed by atoms with Gasteiger partial charge in [0.1, 0.15) is 4.32 Å². The highest BCUT2D eigenvalue weighted by molar-refractivity contribution is 9.10. The number of alkyl halides is 1. The third-order valence-corrected chi connectivity index (χ3v) is 2.37. The highest BCUT2D eigenvalue weighted by Gasteiger charge is 2.28. The zero-order valence-corrected chi connectivity index (χ0v) is 8.81. The molecule has 0 aliphatic rings. The van der Waals surface area contributed by atoms with Gasteiger partial charge in [-0.3, -0.25) is 4.79 Å². The van der Waals surface area contributed by atoms with Crippen molar-refractivity contribution in [3.8, 4) is 0 Å². The van der Waals surface area contributed by atoms with Gasteiger partial charge in [0, 0.05) is 0 Å². The van der Waals surface area contributed by atoms with Crippen LogP contribution in [0.4, 0.5) is 0 Å². The van der Waals surface area contributed by atoms with Gasteiger partial charge in [-0.25, -0.2) is 0 Å². The van der Waals surface area contributed by atoms with Gasteiger partial charge in [-0.1, -0.05) is 29.8 Å². The van der Waals surface area contributed by atoms with Gasteiger partial charge < -0.3 is 5.11 Å². The summed E-state index contributed by atoms with van der Waals surface area (Å²) in [6.07, 6.45) is 1.62. The summed E-state index contributed by atoms with van der Waals surface area (Å²) in [4.78, 5) is 10.6. The lowest BCUT2D eigenvalue weighted by atomic mass is 9.99. The molecule has 2 nitrogen and oxygen atoms in total. The lowest BCUT2D eigenvalue weighted by molar-refractivity contribution is -0.139. The summed E-state index contributed by atoms with van der Waals surface area (Å²) in [5.74, 6) is -0.218. The Hall–Kier alpha value is -0.0500. The first-order valence-corrected chi connectivity index (χ1v) is 4.58. The van der Waals surface area contributed by atoms with E-state index in [-0.39, 0.29) is 0 Å². The van der Waals surface area contributed by atoms with Crippen LogP contribution in [-0.2, 0) is 4.79 Å². The van der Waals surface area contributed by atoms with E-state index >= 15 is 0 Å². The van der Waals surface area contributed by atoms with Crippen molar-refractivity contribution in [2.75, 3.05) is 0 Å². The smallest absolute Gasteiger partial charge is 0.320 e. The molecule has 0 fully saturated rings. The van der Waals surface area contributed by atoms with Gasteiger partial charge in [-0.05, 0) is 25.7 Å². The molecule has 1 N–H and O–H groups in total. The number of hydrogen-bond donors (Lipinski definition) is 1. The molecule has 0 aromatic rings. The fourth-order valence-electron chi connectivity index (χ4n) is 0.667. The van der Waals surface area contributed by atoms with Crippen molar-refractivity contribution in [3.63, 3.8) is 0 Å². The van der Waals surface area contributed by atoms with Crippen LogP contribution in [0.25, 0.3) is 0 Å². The second kappa shape index (κ2) is 4.10. The third-order valence-electron chi connectivity index (χ3n) is 1.64. The fraction of sp³-hybridized carbons (Fsp3) is 0.875. The van der Waals surface area contributed by atoms with E-state index in [1.807, 2.05) is 0 Å². The second-order valence-corrected chi connectivity index (χ2v) is 5.19. The molecule has 0 aliphatic heterocycles. The average molecular weight is 223 g/mol. The molecular weight excluding hydrogens is 208 g/mol. The molecule has 1 unspecified atom stereocenters. The van der Waals surface area contributed by atoms with E-state index in [0.717, 1.165) is 6.42 Å². The summed E-state index contributed by atoms with van der Waals surface area (Å²) in [6, 6.07) is 0. The molecule has 0 saturated heterocycles. The van der Waals surface area contributed by atoms with Crippen LogP contribution in [0, 0.1) is 5.92 Å². The van der Waals surface area contributed by atoms with Crippen molar-refractivity contribution in [2.45, 2.75) is 37.9 Å². The predicted octanol–water partition coefficient (Wildman–Crippen LogP) is 2.66. The summed E-state index contributed by atoms with van der Waals surface area (Å²) in [5.41, 5.74) is 0. The largest absolute Gasteiger partial charge is 0.480 e. The Morgan fingerprint density at radius 1 is 1.64 bits per heavy atom. The topological polar surface area (TPSA) is 37.3 Å². The van der Waals surface area contributed by atoms with Crippen LogP contribution in [0.3, 0.4) is 0 Å². The van der Waals surface area contributed by atoms with Gasteiger partial charge in [0.2, 0.25) is 0 Å². The predicted molar refractivity (Wildman–Crippen MR) is 49.0 cm³/mol. The average Bonchev–Trinajstić information content (AvgIpc) is 1.84. The molecule has 0 aromatic heterocycles. The van der Waals surface area contributed by atoms with Crippen molar-refractivity contribution >= 4 is 21.9 Å². The Balaban J connectivity index is 3.83. The van der Waals surface area contributed by atoms with Crippen molar-refractivity contribution in [2.24, 2.45) is 5.92 Å². The Morgan fingerprint density at radius 2 is 2.09 bits per heavy atom. The van der Waals surface area contributed by atoms with Gasteiger partial charge in [0.05, 0.1) is 0 Å². The van der Waals surface area contributed by atoms with Crippen molar-refractivity contribution < 1.29 is 9.90 Å². The number of hydrogen-bond acceptors (Lipinski definition) is 1. The SMILES string of the molecule is CC(C)CCC(C)(Br)C(=O)O. The Labute approximate surface area is 76.1 Å². The van der Waals surface area contributed by atoms with Crippen molar-refractivity contribution in [3.05, 3.63) is 0 Å². The molecule has 0 heterocycles. The van der Waals surface area contributed by atoms with Crippen LogP contribution >= 0.6 is 15.9 Å². The number of carboxylic acid groups (broad SMARTS) is 1. The standard InChI is InChI=1S/C8H15BrO2/c1-6(2)4-5-8(3,9)7(10)11/h6H,4-5H2,1-3H3,(H,10,11). The van der Waals surface area contributed by atoms with Crippen LogP contribution in [0.2, 0.25) is 0 Å². The maximum absolute atomic E-state index is 10.6. The van der Waals surface area contributed by atoms with Crippen LogP contribution in [0.15, 0.2) is 0 Å². The van der Waals surface area contributed by atoms with Gasteiger partial charge in [-0.2, -0.15) is 0 Å². The van der Waals surface area contributed by atoms with Crippen molar-refractivity contribution in [1.29, 1.82) is 0 Å². The van der Waals surface area contributed by atoms with E-state index in [9.17, 15) is 4.79 Å². The molecule has 0 aromatic carbocycles. The highest BCUT2D eigenvalue weighted by Crippen LogP contribution is 2.25. The Morgan fingerprint density at radius 3 is 2.36 bits per heavy atom. The van der Waals surface area contributed by atoms with Gasteiger partial charge in [0.25, 0.3) is 0 Å². The van der Waals surface area contributed by atoms with E-state index in [4.69, 9.17) is 5.11 Å². The van der Waals surface area contributed by atoms with Crippen LogP contribution in [-0.4, -0.2) is 15.4 Å². The van der Waals surface area contributed by atoms with Gasteiger partial charge >= 0.3 is 5.97 Å². The molecule has 0 rings (SSSR count). The van der Waals surface area contributed by atoms with E-state index in [2.05, 4.69) is 29.8 Å². The minimum Gasteiger partial charge on any atom is -0.480 e.